The van der Waals surface area contributed by atoms with Gasteiger partial charge in [-0.1, -0.05) is 29.8 Å². The van der Waals surface area contributed by atoms with Gasteiger partial charge in [0.15, 0.2) is 0 Å². The Balaban J connectivity index is 2.38. The molecule has 102 valence electrons. The van der Waals surface area contributed by atoms with Gasteiger partial charge in [-0.15, -0.1) is 0 Å². The molecule has 0 atom stereocenters. The molecule has 2 rings (SSSR count). The zero-order valence-electron chi connectivity index (χ0n) is 12.3. The molecule has 0 spiro atoms. The van der Waals surface area contributed by atoms with E-state index in [0.717, 1.165) is 6.42 Å². The Kier molecular flexibility index (Phi) is 3.81. The predicted molar refractivity (Wildman–Crippen MR) is 82.9 cm³/mol. The maximum Gasteiger partial charge on any atom is 0.0453 e. The summed E-state index contributed by atoms with van der Waals surface area (Å²) in [5.41, 5.74) is 2.43. The summed E-state index contributed by atoms with van der Waals surface area (Å²) in [6, 6.07) is 13.1. The van der Waals surface area contributed by atoms with Crippen LogP contribution in [0.5, 0.6) is 0 Å². The molecule has 2 aromatic rings. The lowest BCUT2D eigenvalue weighted by Crippen LogP contribution is -2.41. The number of anilines is 1. The molecular weight excluding hydrogens is 234 g/mol. The van der Waals surface area contributed by atoms with Crippen LogP contribution in [0.2, 0.25) is 0 Å². The van der Waals surface area contributed by atoms with Crippen LogP contribution in [-0.4, -0.2) is 24.3 Å². The summed E-state index contributed by atoms with van der Waals surface area (Å²) in [6.45, 7) is 6.64. The molecule has 2 aromatic carbocycles. The molecule has 0 heterocycles. The third-order valence-corrected chi connectivity index (χ3v) is 4.00. The van der Waals surface area contributed by atoms with Gasteiger partial charge in [0.05, 0.1) is 0 Å². The second kappa shape index (κ2) is 5.22. The quantitative estimate of drug-likeness (QED) is 0.901. The topological polar surface area (TPSA) is 23.5 Å². The van der Waals surface area contributed by atoms with Crippen molar-refractivity contribution < 1.29 is 5.11 Å². The fourth-order valence-electron chi connectivity index (χ4n) is 2.35. The van der Waals surface area contributed by atoms with E-state index >= 15 is 0 Å². The molecule has 0 radical (unpaired) electrons. The summed E-state index contributed by atoms with van der Waals surface area (Å²) in [4.78, 5) is 2.24. The fourth-order valence-corrected chi connectivity index (χ4v) is 2.35. The van der Waals surface area contributed by atoms with Crippen molar-refractivity contribution in [3.63, 3.8) is 0 Å². The minimum atomic E-state index is -0.0485. The van der Waals surface area contributed by atoms with Gasteiger partial charge in [0, 0.05) is 24.9 Å². The van der Waals surface area contributed by atoms with Gasteiger partial charge in [0.25, 0.3) is 0 Å². The molecule has 0 aliphatic rings. The van der Waals surface area contributed by atoms with E-state index in [1.54, 1.807) is 0 Å². The first kappa shape index (κ1) is 13.9. The van der Waals surface area contributed by atoms with Crippen molar-refractivity contribution in [1.82, 2.24) is 0 Å². The Morgan fingerprint density at radius 3 is 2.37 bits per heavy atom. The number of benzene rings is 2. The van der Waals surface area contributed by atoms with E-state index in [0.29, 0.717) is 0 Å². The monoisotopic (exact) mass is 257 g/mol. The maximum absolute atomic E-state index is 9.17. The van der Waals surface area contributed by atoms with Gasteiger partial charge in [-0.25, -0.2) is 0 Å². The van der Waals surface area contributed by atoms with E-state index in [4.69, 9.17) is 0 Å². The van der Waals surface area contributed by atoms with E-state index in [1.165, 1.54) is 22.0 Å². The highest BCUT2D eigenvalue weighted by atomic mass is 16.3. The molecule has 0 aliphatic carbocycles. The summed E-state index contributed by atoms with van der Waals surface area (Å²) < 4.78 is 0. The molecule has 0 saturated heterocycles. The third-order valence-electron chi connectivity index (χ3n) is 4.00. The third kappa shape index (κ3) is 2.90. The normalized spacial score (nSPS) is 11.8. The summed E-state index contributed by atoms with van der Waals surface area (Å²) in [5.74, 6) is 0. The molecule has 0 aliphatic heterocycles. The first-order valence-corrected chi connectivity index (χ1v) is 6.79. The van der Waals surface area contributed by atoms with Gasteiger partial charge < -0.3 is 10.0 Å². The highest BCUT2D eigenvalue weighted by Gasteiger charge is 2.23. The van der Waals surface area contributed by atoms with Crippen molar-refractivity contribution in [2.45, 2.75) is 32.7 Å². The highest BCUT2D eigenvalue weighted by Crippen LogP contribution is 2.28. The molecule has 2 heteroatoms. The average Bonchev–Trinajstić information content (AvgIpc) is 2.37. The Morgan fingerprint density at radius 2 is 1.68 bits per heavy atom. The molecule has 2 nitrogen and oxygen atoms in total. The summed E-state index contributed by atoms with van der Waals surface area (Å²) in [5, 5.41) is 11.7. The molecule has 0 saturated carbocycles. The smallest absolute Gasteiger partial charge is 0.0453 e. The molecular formula is C17H23NO. The largest absolute Gasteiger partial charge is 0.396 e. The Morgan fingerprint density at radius 1 is 1.05 bits per heavy atom. The van der Waals surface area contributed by atoms with Crippen LogP contribution < -0.4 is 4.90 Å². The minimum Gasteiger partial charge on any atom is -0.396 e. The number of aliphatic hydroxyl groups excluding tert-OH is 1. The number of rotatable bonds is 4. The Bertz CT molecular complexity index is 574. The van der Waals surface area contributed by atoms with Crippen molar-refractivity contribution >= 4 is 16.5 Å². The van der Waals surface area contributed by atoms with Crippen LogP contribution in [0.3, 0.4) is 0 Å². The lowest BCUT2D eigenvalue weighted by molar-refractivity contribution is 0.250. The van der Waals surface area contributed by atoms with Crippen molar-refractivity contribution in [1.29, 1.82) is 0 Å². The van der Waals surface area contributed by atoms with Gasteiger partial charge in [-0.2, -0.15) is 0 Å². The van der Waals surface area contributed by atoms with Crippen LogP contribution in [0.15, 0.2) is 36.4 Å². The van der Waals surface area contributed by atoms with Gasteiger partial charge in [-0.3, -0.25) is 0 Å². The van der Waals surface area contributed by atoms with E-state index in [-0.39, 0.29) is 12.1 Å². The van der Waals surface area contributed by atoms with E-state index < -0.39 is 0 Å². The number of aliphatic hydroxyl groups is 1. The lowest BCUT2D eigenvalue weighted by atomic mass is 9.97. The van der Waals surface area contributed by atoms with Crippen LogP contribution in [0.25, 0.3) is 10.8 Å². The van der Waals surface area contributed by atoms with Gasteiger partial charge in [-0.05, 0) is 50.1 Å². The SMILES string of the molecule is Cc1ccc2cc(N(C)C(C)(C)CCO)ccc2c1. The summed E-state index contributed by atoms with van der Waals surface area (Å²) >= 11 is 0. The summed E-state index contributed by atoms with van der Waals surface area (Å²) in [7, 11) is 2.09. The number of hydrogen-bond donors (Lipinski definition) is 1. The zero-order chi connectivity index (χ0) is 14.0. The number of hydrogen-bond acceptors (Lipinski definition) is 2. The van der Waals surface area contributed by atoms with Crippen LogP contribution >= 0.6 is 0 Å². The first-order chi connectivity index (χ1) is 8.94. The molecule has 0 aromatic heterocycles. The zero-order valence-corrected chi connectivity index (χ0v) is 12.3. The Hall–Kier alpha value is -1.54. The average molecular weight is 257 g/mol. The molecule has 19 heavy (non-hydrogen) atoms. The molecule has 0 bridgehead atoms. The number of fused-ring (bicyclic) bond motifs is 1. The van der Waals surface area contributed by atoms with Crippen molar-refractivity contribution in [2.75, 3.05) is 18.6 Å². The number of aryl methyl sites for hydroxylation is 1. The summed E-state index contributed by atoms with van der Waals surface area (Å²) in [6.07, 6.45) is 0.759. The second-order valence-electron chi connectivity index (χ2n) is 5.88. The Labute approximate surface area is 115 Å². The number of nitrogens with zero attached hydrogens (tertiary/aromatic N) is 1. The van der Waals surface area contributed by atoms with Gasteiger partial charge in [0.1, 0.15) is 0 Å². The van der Waals surface area contributed by atoms with E-state index in [2.05, 4.69) is 69.1 Å². The molecule has 0 fully saturated rings. The second-order valence-corrected chi connectivity index (χ2v) is 5.88. The fraction of sp³-hybridized carbons (Fsp3) is 0.412. The van der Waals surface area contributed by atoms with Gasteiger partial charge in [0.2, 0.25) is 0 Å². The van der Waals surface area contributed by atoms with Crippen molar-refractivity contribution in [2.24, 2.45) is 0 Å². The highest BCUT2D eigenvalue weighted by molar-refractivity contribution is 5.86. The van der Waals surface area contributed by atoms with Gasteiger partial charge >= 0.3 is 0 Å². The van der Waals surface area contributed by atoms with E-state index in [1.807, 2.05) is 0 Å². The molecule has 0 amide bonds. The maximum atomic E-state index is 9.17. The lowest BCUT2D eigenvalue weighted by Gasteiger charge is -2.37. The molecule has 1 N–H and O–H groups in total. The minimum absolute atomic E-state index is 0.0485. The van der Waals surface area contributed by atoms with E-state index in [9.17, 15) is 5.11 Å². The standard InChI is InChI=1S/C17H23NO/c1-13-5-6-15-12-16(8-7-14(15)11-13)18(4)17(2,3)9-10-19/h5-8,11-12,19H,9-10H2,1-4H3. The van der Waals surface area contributed by atoms with Crippen molar-refractivity contribution in [3.05, 3.63) is 42.0 Å². The first-order valence-electron chi connectivity index (χ1n) is 6.79. The van der Waals surface area contributed by atoms with Crippen LogP contribution in [0.1, 0.15) is 25.8 Å². The van der Waals surface area contributed by atoms with Crippen LogP contribution in [0, 0.1) is 6.92 Å². The molecule has 0 unspecified atom stereocenters. The van der Waals surface area contributed by atoms with Crippen LogP contribution in [-0.2, 0) is 0 Å². The van der Waals surface area contributed by atoms with Crippen molar-refractivity contribution in [3.8, 4) is 0 Å². The predicted octanol–water partition coefficient (Wildman–Crippen LogP) is 3.75. The van der Waals surface area contributed by atoms with Crippen LogP contribution in [0.4, 0.5) is 5.69 Å².